The highest BCUT2D eigenvalue weighted by Gasteiger charge is 2.27. The molecule has 0 radical (unpaired) electrons. The van der Waals surface area contributed by atoms with Crippen molar-refractivity contribution in [2.75, 3.05) is 64.7 Å². The Labute approximate surface area is 832 Å². The largest absolute Gasteiger partial charge is 0.439 e. The molecule has 738 valence electrons. The number of hydrogen-bond acceptors (Lipinski definition) is 31. The van der Waals surface area contributed by atoms with Crippen LogP contribution >= 0.6 is 0 Å². The molecule has 1 aliphatic carbocycles. The number of nitrogens with zero attached hydrogens (tertiary/aromatic N) is 16. The number of ether oxygens (including phenoxy) is 5. The molecule has 0 unspecified atom stereocenters. The summed E-state index contributed by atoms with van der Waals surface area (Å²) in [6, 6.07) is 72.9. The van der Waals surface area contributed by atoms with Crippen LogP contribution in [-0.4, -0.2) is 185 Å². The second kappa shape index (κ2) is 40.2. The lowest BCUT2D eigenvalue weighted by atomic mass is 10.1. The van der Waals surface area contributed by atoms with Gasteiger partial charge in [-0.25, -0.2) is 4.98 Å². The first-order chi connectivity index (χ1) is 72.1. The molecule has 26 rings (SSSR count). The number of aryl methyl sites for hydroxylation is 5. The number of nitrogens with one attached hydrogen (secondary N) is 20. The average molecular weight is 1980 g/mol. The van der Waals surface area contributed by atoms with Gasteiger partial charge in [-0.05, 0) is 152 Å². The molecule has 46 nitrogen and oxygen atoms in total. The average Bonchev–Trinajstić information content (AvgIpc) is 1.26. The fourth-order valence-corrected chi connectivity index (χ4v) is 16.4. The standard InChI is InChI=1S/C22H19N7O2.C21H17N7O2.C20H23N9O2.C20H16N6O2.C19H15N7O2/c1-12-4-3-5-14(8-12)17-11-19(24-20-9-13(2)26-28-20)25-22(23-17)31-15-6-7-16-18(10-15)27-29-21(16)30;29-20-14-8-7-12(9-17(14)26-28-20)30-21-22-15-4-2-1-3-13(15)19(24-21)23-18-10-16(25-27-18)11-5-6-11;1-12-9-17(26-24-12)21-16-11-18(29-7-5-28(2)6-8-29)23-20(22-16)31-13-3-4-14-15(10-13)25-27-19(14)30;1-11-8-18(25-23-11)21-16-10-19(22-15-5-3-2-4-13(15)16)28-12-6-7-14-17(9-12)24-26-20(14)27;1-10-8-16(25-23-10)21-17-12-4-2-3-5-14(12)20-19(22-17)28-11-6-7-13-15(9-11)24-26-18(13)27/h3-11H,1-2H3,(H2,27,29,30)(H2,23,24,25,26,28);1-4,7-11H,5-6H2,(H2,26,28,29)(H2,22,23,24,25,27);3-4,9-11H,5-8H2,1-2H3,(H2,25,27,30)(H2,21,22,23,24,26);2-10H,1H3,(H2,24,26,27)(H2,21,22,23,25);2-9H,1H3,(H2,24,26,27)(H2,20,21,22,23,25). The van der Waals surface area contributed by atoms with Crippen LogP contribution in [0, 0.1) is 34.6 Å². The number of benzene rings is 9. The van der Waals surface area contributed by atoms with Crippen molar-refractivity contribution in [3.05, 3.63) is 322 Å². The van der Waals surface area contributed by atoms with Gasteiger partial charge in [-0.15, -0.1) is 0 Å². The molecule has 15 aromatic heterocycles. The van der Waals surface area contributed by atoms with E-state index < -0.39 is 0 Å². The van der Waals surface area contributed by atoms with Gasteiger partial charge in [0.05, 0.1) is 82.4 Å². The maximum atomic E-state index is 11.7. The molecule has 1 saturated carbocycles. The third kappa shape index (κ3) is 21.2. The number of anilines is 11. The molecule has 0 atom stereocenters. The summed E-state index contributed by atoms with van der Waals surface area (Å²) in [5.41, 5.74) is 13.2. The SMILES string of the molecule is Cc1cc(Nc2cc(N3CCN(C)CC3)nc(Oc3ccc4c(=O)[nH][nH]c4c3)n2)n[nH]1.Cc1cc(Nc2cc(Oc3ccc4c(=O)[nH][nH]c4c3)nc3ccccc23)n[nH]1.Cc1cc(Nc2nc(Oc3ccc4c(=O)[nH][nH]c4c3)nc3ccccc23)n[nH]1.Cc1cccc(-c2cc(Nc3cc(C)[nH]n3)nc(Oc3ccc4c(=O)[nH][nH]c4c3)n2)c1.O=c1[nH][nH]c2cc(Oc3nc(Nc4cc(C5CC5)[nH]n4)c4ccccc4n3)ccc12. The number of fused-ring (bicyclic) bond motifs is 8. The van der Waals surface area contributed by atoms with Crippen LogP contribution in [0.4, 0.5) is 63.9 Å². The van der Waals surface area contributed by atoms with Gasteiger partial charge in [0.1, 0.15) is 57.8 Å². The highest BCUT2D eigenvalue weighted by Crippen LogP contribution is 2.41. The predicted molar refractivity (Wildman–Crippen MR) is 560 cm³/mol. The van der Waals surface area contributed by atoms with E-state index in [4.69, 9.17) is 23.7 Å². The van der Waals surface area contributed by atoms with Gasteiger partial charge in [-0.3, -0.25) is 100 Å². The van der Waals surface area contributed by atoms with Gasteiger partial charge in [0.25, 0.3) is 27.8 Å². The number of likely N-dealkylation sites (N-methyl/N-ethyl adjacent to an activating group) is 1. The fourth-order valence-electron chi connectivity index (χ4n) is 16.4. The Bertz CT molecular complexity index is 9150. The molecule has 2 aliphatic rings. The topological polar surface area (TPSA) is 615 Å². The molecule has 9 aromatic carbocycles. The number of hydrogen-bond donors (Lipinski definition) is 20. The Kier molecular flexibility index (Phi) is 25.1. The molecule has 24 aromatic rings. The van der Waals surface area contributed by atoms with Gasteiger partial charge < -0.3 is 60.1 Å². The van der Waals surface area contributed by atoms with Crippen LogP contribution < -0.4 is 83.0 Å². The zero-order chi connectivity index (χ0) is 101. The Balaban J connectivity index is 0.000000105. The van der Waals surface area contributed by atoms with Crippen molar-refractivity contribution in [1.29, 1.82) is 0 Å². The van der Waals surface area contributed by atoms with E-state index in [1.165, 1.54) is 12.8 Å². The monoisotopic (exact) mass is 1980 g/mol. The van der Waals surface area contributed by atoms with Crippen LogP contribution in [0.5, 0.6) is 58.7 Å². The molecule has 20 N–H and O–H groups in total. The van der Waals surface area contributed by atoms with E-state index in [1.54, 1.807) is 91.0 Å². The highest BCUT2D eigenvalue weighted by molar-refractivity contribution is 5.95. The summed E-state index contributed by atoms with van der Waals surface area (Å²) >= 11 is 0. The van der Waals surface area contributed by atoms with Crippen LogP contribution in [0.25, 0.3) is 98.5 Å². The molecule has 16 heterocycles. The molecular weight excluding hydrogens is 1890 g/mol. The lowest BCUT2D eigenvalue weighted by Crippen LogP contribution is -2.44. The van der Waals surface area contributed by atoms with Crippen LogP contribution in [0.3, 0.4) is 0 Å². The number of para-hydroxylation sites is 3. The molecule has 1 saturated heterocycles. The highest BCUT2D eigenvalue weighted by atomic mass is 16.5. The third-order valence-corrected chi connectivity index (χ3v) is 23.9. The fraction of sp³-hybridized carbons (Fsp3) is 0.127. The van der Waals surface area contributed by atoms with E-state index in [0.29, 0.717) is 153 Å². The third-order valence-electron chi connectivity index (χ3n) is 23.9. The smallest absolute Gasteiger partial charge is 0.325 e. The first-order valence-corrected chi connectivity index (χ1v) is 46.7. The first-order valence-electron chi connectivity index (χ1n) is 46.7. The minimum Gasteiger partial charge on any atom is -0.439 e. The van der Waals surface area contributed by atoms with Gasteiger partial charge in [0, 0.05) is 161 Å². The number of piperazine rings is 1. The molecular formula is C102H90N36O10. The zero-order valence-corrected chi connectivity index (χ0v) is 79.6. The molecule has 46 heteroatoms. The number of rotatable bonds is 23. The van der Waals surface area contributed by atoms with Gasteiger partial charge in [-0.2, -0.15) is 65.4 Å². The van der Waals surface area contributed by atoms with Crippen molar-refractivity contribution >= 4 is 151 Å². The molecule has 0 spiro atoms. The van der Waals surface area contributed by atoms with Crippen molar-refractivity contribution in [1.82, 2.24) is 152 Å². The number of aromatic nitrogens is 29. The molecule has 2 fully saturated rings. The van der Waals surface area contributed by atoms with E-state index in [2.05, 4.69) is 190 Å². The molecule has 0 bridgehead atoms. The number of aromatic amines is 15. The van der Waals surface area contributed by atoms with Crippen molar-refractivity contribution in [2.24, 2.45) is 0 Å². The Morgan fingerprint density at radius 3 is 1.10 bits per heavy atom. The summed E-state index contributed by atoms with van der Waals surface area (Å²) < 4.78 is 29.7. The van der Waals surface area contributed by atoms with Crippen molar-refractivity contribution < 1.29 is 23.7 Å². The van der Waals surface area contributed by atoms with Crippen LogP contribution in [0.2, 0.25) is 0 Å². The Morgan fingerprint density at radius 2 is 0.676 bits per heavy atom. The van der Waals surface area contributed by atoms with E-state index in [-0.39, 0.29) is 51.8 Å². The van der Waals surface area contributed by atoms with Crippen molar-refractivity contribution in [3.8, 4) is 69.9 Å². The summed E-state index contributed by atoms with van der Waals surface area (Å²) in [5, 5.41) is 84.5. The number of H-pyrrole nitrogens is 15. The van der Waals surface area contributed by atoms with E-state index in [0.717, 1.165) is 110 Å². The van der Waals surface area contributed by atoms with Crippen LogP contribution in [0.15, 0.2) is 261 Å². The summed E-state index contributed by atoms with van der Waals surface area (Å²) in [7, 11) is 2.11. The zero-order valence-electron chi connectivity index (χ0n) is 79.6. The minimum absolute atomic E-state index is 0.161. The van der Waals surface area contributed by atoms with Crippen molar-refractivity contribution in [3.63, 3.8) is 0 Å². The molecule has 148 heavy (non-hydrogen) atoms. The van der Waals surface area contributed by atoms with Crippen LogP contribution in [0.1, 0.15) is 52.8 Å². The summed E-state index contributed by atoms with van der Waals surface area (Å²) in [4.78, 5) is 104. The normalized spacial score (nSPS) is 12.4. The van der Waals surface area contributed by atoms with Gasteiger partial charge in [-0.1, -0.05) is 66.2 Å². The Hall–Kier alpha value is -20.6. The van der Waals surface area contributed by atoms with E-state index >= 15 is 0 Å². The van der Waals surface area contributed by atoms with Gasteiger partial charge in [0.2, 0.25) is 5.88 Å². The second-order valence-electron chi connectivity index (χ2n) is 35.0. The second-order valence-corrected chi connectivity index (χ2v) is 35.0. The van der Waals surface area contributed by atoms with Gasteiger partial charge >= 0.3 is 24.0 Å². The summed E-state index contributed by atoms with van der Waals surface area (Å²) in [6.45, 7) is 13.4. The summed E-state index contributed by atoms with van der Waals surface area (Å²) in [6.07, 6.45) is 2.40. The lowest BCUT2D eigenvalue weighted by Gasteiger charge is -2.33. The molecule has 1 aliphatic heterocycles. The minimum atomic E-state index is -0.181. The summed E-state index contributed by atoms with van der Waals surface area (Å²) in [5.74, 6) is 10.2. The maximum absolute atomic E-state index is 11.7. The Morgan fingerprint density at radius 1 is 0.297 bits per heavy atom. The lowest BCUT2D eigenvalue weighted by molar-refractivity contribution is 0.311. The van der Waals surface area contributed by atoms with E-state index in [9.17, 15) is 24.0 Å². The maximum Gasteiger partial charge on any atom is 0.325 e. The van der Waals surface area contributed by atoms with Crippen LogP contribution in [-0.2, 0) is 0 Å². The van der Waals surface area contributed by atoms with E-state index in [1.807, 2.05) is 180 Å². The molecule has 0 amide bonds. The quantitative estimate of drug-likeness (QED) is 0.0283. The number of pyridine rings is 1. The van der Waals surface area contributed by atoms with Crippen molar-refractivity contribution in [2.45, 2.75) is 53.4 Å². The van der Waals surface area contributed by atoms with Gasteiger partial charge in [0.15, 0.2) is 29.1 Å². The first kappa shape index (κ1) is 92.4. The predicted octanol–water partition coefficient (Wildman–Crippen LogP) is 17.4.